The number of rotatable bonds is 9. The summed E-state index contributed by atoms with van der Waals surface area (Å²) < 4.78 is 99.6. The largest absolute Gasteiger partial charge is 0.573 e. The van der Waals surface area contributed by atoms with Crippen molar-refractivity contribution in [1.82, 2.24) is 20.2 Å². The molecule has 46 heavy (non-hydrogen) atoms. The molecule has 1 aromatic heterocycles. The molecule has 0 bridgehead atoms. The summed E-state index contributed by atoms with van der Waals surface area (Å²) in [5, 5.41) is 6.45. The third-order valence-electron chi connectivity index (χ3n) is 8.38. The topological polar surface area (TPSA) is 107 Å². The van der Waals surface area contributed by atoms with Crippen LogP contribution in [0.3, 0.4) is 0 Å². The number of hydrogen-bond donors (Lipinski definition) is 2. The number of ether oxygens (including phenoxy) is 4. The fraction of sp³-hybridized carbons (Fsp3) is 0.633. The fourth-order valence-electron chi connectivity index (χ4n) is 6.02. The van der Waals surface area contributed by atoms with Crippen molar-refractivity contribution in [3.8, 4) is 5.75 Å². The summed E-state index contributed by atoms with van der Waals surface area (Å²) in [6, 6.07) is 6.84. The summed E-state index contributed by atoms with van der Waals surface area (Å²) in [5.74, 6) is -2.55. The Hall–Kier alpha value is -3.21. The summed E-state index contributed by atoms with van der Waals surface area (Å²) in [6.45, 7) is 1.94. The highest BCUT2D eigenvalue weighted by molar-refractivity contribution is 5.93. The van der Waals surface area contributed by atoms with Crippen LogP contribution in [0.25, 0.3) is 0 Å². The highest BCUT2D eigenvalue weighted by Gasteiger charge is 2.37. The minimum Gasteiger partial charge on any atom is -0.406 e. The standard InChI is InChI=1S/C30H37F6N5O5/c1-43-25-17-44-14-11-22(25)38-19-9-12-41(13-10-19)27(42)23-15-26(40-28(39-23)29(31,32)33)37-16-21-3-2-4-24(45-21)18-5-7-20(8-6-18)46-30(34,35)36/h5-8,15,19,21-22,24-25,38H,2-4,9-14,16-17H2,1H3,(H,37,39,40)/t21-,22-,24+,25+/m1/s1. The van der Waals surface area contributed by atoms with Gasteiger partial charge in [-0.1, -0.05) is 12.1 Å². The number of anilines is 1. The predicted octanol–water partition coefficient (Wildman–Crippen LogP) is 5.11. The smallest absolute Gasteiger partial charge is 0.406 e. The number of methoxy groups -OCH3 is 1. The maximum Gasteiger partial charge on any atom is 0.573 e. The summed E-state index contributed by atoms with van der Waals surface area (Å²) in [4.78, 5) is 22.0. The summed E-state index contributed by atoms with van der Waals surface area (Å²) in [7, 11) is 1.64. The van der Waals surface area contributed by atoms with Gasteiger partial charge in [0.1, 0.15) is 17.3 Å². The van der Waals surface area contributed by atoms with Gasteiger partial charge in [-0.05, 0) is 56.2 Å². The number of carbonyl (C=O) groups is 1. The average molecular weight is 662 g/mol. The number of amides is 1. The van der Waals surface area contributed by atoms with E-state index in [0.717, 1.165) is 12.8 Å². The number of aromatic nitrogens is 2. The molecule has 0 radical (unpaired) electrons. The number of benzene rings is 1. The lowest BCUT2D eigenvalue weighted by atomic mass is 9.98. The first-order chi connectivity index (χ1) is 21.9. The Labute approximate surface area is 262 Å². The van der Waals surface area contributed by atoms with Gasteiger partial charge >= 0.3 is 12.5 Å². The minimum atomic E-state index is -4.88. The Balaban J connectivity index is 1.19. The molecule has 3 saturated heterocycles. The van der Waals surface area contributed by atoms with Gasteiger partial charge in [-0.15, -0.1) is 13.2 Å². The number of hydrogen-bond acceptors (Lipinski definition) is 9. The molecular formula is C30H37F6N5O5. The second kappa shape index (κ2) is 14.7. The molecule has 3 aliphatic rings. The van der Waals surface area contributed by atoms with Crippen LogP contribution in [0.15, 0.2) is 30.3 Å². The number of halogens is 6. The van der Waals surface area contributed by atoms with Gasteiger partial charge in [0, 0.05) is 51.5 Å². The molecule has 2 aromatic rings. The predicted molar refractivity (Wildman–Crippen MR) is 152 cm³/mol. The second-order valence-corrected chi connectivity index (χ2v) is 11.6. The van der Waals surface area contributed by atoms with Crippen molar-refractivity contribution in [2.75, 3.05) is 45.3 Å². The Morgan fingerprint density at radius 2 is 1.76 bits per heavy atom. The molecule has 2 N–H and O–H groups in total. The number of alkyl halides is 6. The number of carbonyl (C=O) groups excluding carboxylic acids is 1. The van der Waals surface area contributed by atoms with Crippen molar-refractivity contribution < 1.29 is 50.1 Å². The zero-order valence-electron chi connectivity index (χ0n) is 25.2. The summed E-state index contributed by atoms with van der Waals surface area (Å²) >= 11 is 0. The van der Waals surface area contributed by atoms with Gasteiger partial charge < -0.3 is 34.5 Å². The third kappa shape index (κ3) is 9.20. The average Bonchev–Trinajstić information content (AvgIpc) is 3.03. The fourth-order valence-corrected chi connectivity index (χ4v) is 6.02. The molecule has 3 fully saturated rings. The molecule has 3 aliphatic heterocycles. The quantitative estimate of drug-likeness (QED) is 0.355. The Morgan fingerprint density at radius 1 is 1.02 bits per heavy atom. The Bertz CT molecular complexity index is 1310. The van der Waals surface area contributed by atoms with Crippen molar-refractivity contribution >= 4 is 11.7 Å². The van der Waals surface area contributed by atoms with Crippen molar-refractivity contribution in [2.45, 2.75) is 81.5 Å². The first kappa shape index (κ1) is 34.1. The van der Waals surface area contributed by atoms with E-state index in [1.54, 1.807) is 7.11 Å². The van der Waals surface area contributed by atoms with E-state index in [1.807, 2.05) is 0 Å². The van der Waals surface area contributed by atoms with Crippen LogP contribution in [-0.2, 0) is 20.4 Å². The number of nitrogens with one attached hydrogen (secondary N) is 2. The highest BCUT2D eigenvalue weighted by Crippen LogP contribution is 2.33. The number of likely N-dealkylation sites (tertiary alicyclic amines) is 1. The maximum atomic E-state index is 13.7. The first-order valence-electron chi connectivity index (χ1n) is 15.2. The van der Waals surface area contributed by atoms with Crippen molar-refractivity contribution in [2.24, 2.45) is 0 Å². The third-order valence-corrected chi connectivity index (χ3v) is 8.38. The molecular weight excluding hydrogens is 624 g/mol. The second-order valence-electron chi connectivity index (χ2n) is 11.6. The normalized spacial score (nSPS) is 24.9. The van der Waals surface area contributed by atoms with Crippen molar-refractivity contribution in [3.63, 3.8) is 0 Å². The number of piperidine rings is 1. The van der Waals surface area contributed by atoms with E-state index in [2.05, 4.69) is 25.3 Å². The van der Waals surface area contributed by atoms with Crippen LogP contribution in [0.2, 0.25) is 0 Å². The molecule has 1 aromatic carbocycles. The van der Waals surface area contributed by atoms with Crippen molar-refractivity contribution in [3.05, 3.63) is 47.4 Å². The molecule has 4 heterocycles. The van der Waals surface area contributed by atoms with Gasteiger partial charge in [-0.25, -0.2) is 9.97 Å². The van der Waals surface area contributed by atoms with Crippen LogP contribution in [-0.4, -0.2) is 91.4 Å². The van der Waals surface area contributed by atoms with E-state index < -0.39 is 36.5 Å². The Kier molecular flexibility index (Phi) is 10.9. The molecule has 4 atom stereocenters. The molecule has 5 rings (SSSR count). The van der Waals surface area contributed by atoms with Crippen molar-refractivity contribution in [1.29, 1.82) is 0 Å². The van der Waals surface area contributed by atoms with Crippen LogP contribution in [0, 0.1) is 0 Å². The van der Waals surface area contributed by atoms with Crippen LogP contribution >= 0.6 is 0 Å². The molecule has 16 heteroatoms. The molecule has 1 amide bonds. The SMILES string of the molecule is CO[C@H]1COCC[C@H]1NC1CCN(C(=O)c2cc(NC[C@H]3CCC[C@@H](c4ccc(OC(F)(F)F)cc4)O3)nc(C(F)(F)F)n2)CC1. The van der Waals surface area contributed by atoms with E-state index in [1.165, 1.54) is 35.2 Å². The summed E-state index contributed by atoms with van der Waals surface area (Å²) in [5.41, 5.74) is 0.294. The maximum absolute atomic E-state index is 13.7. The molecule has 0 unspecified atom stereocenters. The minimum absolute atomic E-state index is 0.0701. The van der Waals surface area contributed by atoms with Crippen LogP contribution < -0.4 is 15.4 Å². The van der Waals surface area contributed by atoms with Gasteiger partial charge in [-0.3, -0.25) is 4.79 Å². The molecule has 254 valence electrons. The van der Waals surface area contributed by atoms with Crippen LogP contribution in [0.5, 0.6) is 5.75 Å². The first-order valence-corrected chi connectivity index (χ1v) is 15.2. The van der Waals surface area contributed by atoms with Crippen LogP contribution in [0.4, 0.5) is 32.2 Å². The van der Waals surface area contributed by atoms with E-state index in [-0.39, 0.29) is 42.0 Å². The van der Waals surface area contributed by atoms with E-state index in [4.69, 9.17) is 14.2 Å². The zero-order chi connectivity index (χ0) is 32.9. The van der Waals surface area contributed by atoms with Gasteiger partial charge in [0.05, 0.1) is 24.9 Å². The van der Waals surface area contributed by atoms with Gasteiger partial charge in [-0.2, -0.15) is 13.2 Å². The van der Waals surface area contributed by atoms with Gasteiger partial charge in [0.2, 0.25) is 5.82 Å². The van der Waals surface area contributed by atoms with E-state index in [0.29, 0.717) is 57.6 Å². The lowest BCUT2D eigenvalue weighted by Gasteiger charge is -2.38. The highest BCUT2D eigenvalue weighted by atomic mass is 19.4. The van der Waals surface area contributed by atoms with E-state index in [9.17, 15) is 31.1 Å². The van der Waals surface area contributed by atoms with E-state index >= 15 is 0 Å². The molecule has 0 saturated carbocycles. The monoisotopic (exact) mass is 661 g/mol. The lowest BCUT2D eigenvalue weighted by molar-refractivity contribution is -0.274. The zero-order valence-corrected chi connectivity index (χ0v) is 25.2. The molecule has 0 aliphatic carbocycles. The molecule has 0 spiro atoms. The van der Waals surface area contributed by atoms with Crippen LogP contribution in [0.1, 0.15) is 66.5 Å². The molecule has 10 nitrogen and oxygen atoms in total. The summed E-state index contributed by atoms with van der Waals surface area (Å²) in [6.07, 6.45) is -6.59. The number of nitrogens with zero attached hydrogens (tertiary/aromatic N) is 3. The van der Waals surface area contributed by atoms with Gasteiger partial charge in [0.15, 0.2) is 0 Å². The van der Waals surface area contributed by atoms with Gasteiger partial charge in [0.25, 0.3) is 5.91 Å². The Morgan fingerprint density at radius 3 is 2.43 bits per heavy atom. The lowest BCUT2D eigenvalue weighted by Crippen LogP contribution is -2.54.